The second-order valence-corrected chi connectivity index (χ2v) is 5.49. The second-order valence-electron chi connectivity index (χ2n) is 5.49. The van der Waals surface area contributed by atoms with Gasteiger partial charge < -0.3 is 10.1 Å². The van der Waals surface area contributed by atoms with Crippen molar-refractivity contribution in [2.45, 2.75) is 39.2 Å². The summed E-state index contributed by atoms with van der Waals surface area (Å²) in [5, 5.41) is 12.5. The van der Waals surface area contributed by atoms with E-state index in [2.05, 4.69) is 18.3 Å². The molecule has 2 rings (SSSR count). The van der Waals surface area contributed by atoms with Gasteiger partial charge in [0, 0.05) is 18.7 Å². The molecule has 0 saturated heterocycles. The number of nitrogens with one attached hydrogen (secondary N) is 1. The van der Waals surface area contributed by atoms with Crippen LogP contribution >= 0.6 is 0 Å². The van der Waals surface area contributed by atoms with Crippen LogP contribution in [0.5, 0.6) is 5.75 Å². The van der Waals surface area contributed by atoms with Gasteiger partial charge in [-0.15, -0.1) is 0 Å². The lowest BCUT2D eigenvalue weighted by molar-refractivity contribution is 0.397. The summed E-state index contributed by atoms with van der Waals surface area (Å²) in [6.07, 6.45) is 5.27. The average Bonchev–Trinajstić information content (AvgIpc) is 3.19. The van der Waals surface area contributed by atoms with E-state index in [1.165, 1.54) is 25.7 Å². The monoisotopic (exact) mass is 258 g/mol. The van der Waals surface area contributed by atoms with Gasteiger partial charge in [0.15, 0.2) is 0 Å². The molecule has 0 aromatic heterocycles. The van der Waals surface area contributed by atoms with Gasteiger partial charge in [-0.05, 0) is 42.9 Å². The van der Waals surface area contributed by atoms with Gasteiger partial charge in [0.1, 0.15) is 5.75 Å². The minimum absolute atomic E-state index is 0.550. The van der Waals surface area contributed by atoms with Gasteiger partial charge in [-0.3, -0.25) is 0 Å². The summed E-state index contributed by atoms with van der Waals surface area (Å²) in [5.41, 5.74) is 2.30. The van der Waals surface area contributed by atoms with E-state index in [4.69, 9.17) is 10.00 Å². The summed E-state index contributed by atoms with van der Waals surface area (Å²) >= 11 is 0. The Labute approximate surface area is 115 Å². The summed E-state index contributed by atoms with van der Waals surface area (Å²) in [6, 6.07) is 7.75. The zero-order valence-corrected chi connectivity index (χ0v) is 11.8. The Hall–Kier alpha value is -1.53. The zero-order chi connectivity index (χ0) is 13.7. The Balaban J connectivity index is 1.93. The first kappa shape index (κ1) is 13.9. The Kier molecular flexibility index (Phi) is 4.44. The van der Waals surface area contributed by atoms with E-state index in [1.807, 2.05) is 12.1 Å². The fourth-order valence-electron chi connectivity index (χ4n) is 2.67. The van der Waals surface area contributed by atoms with Crippen LogP contribution < -0.4 is 10.1 Å². The van der Waals surface area contributed by atoms with E-state index in [0.29, 0.717) is 11.0 Å². The standard InChI is InChI=1S/C16H22N2O/c1-3-6-16(7-8-16)12-18-11-14-9-13(10-17)4-5-15(14)19-2/h4-5,9,18H,3,6-8,11-12H2,1-2H3. The lowest BCUT2D eigenvalue weighted by atomic mass is 10.0. The predicted octanol–water partition coefficient (Wildman–Crippen LogP) is 3.24. The molecule has 0 bridgehead atoms. The normalized spacial score (nSPS) is 15.8. The fraction of sp³-hybridized carbons (Fsp3) is 0.562. The molecule has 0 atom stereocenters. The van der Waals surface area contributed by atoms with E-state index in [9.17, 15) is 0 Å². The van der Waals surface area contributed by atoms with Gasteiger partial charge in [0.2, 0.25) is 0 Å². The van der Waals surface area contributed by atoms with Crippen LogP contribution in [0.2, 0.25) is 0 Å². The number of benzene rings is 1. The summed E-state index contributed by atoms with van der Waals surface area (Å²) in [7, 11) is 1.67. The second kappa shape index (κ2) is 6.08. The van der Waals surface area contributed by atoms with Crippen LogP contribution in [0.15, 0.2) is 18.2 Å². The molecular weight excluding hydrogens is 236 g/mol. The molecule has 1 aliphatic rings. The molecule has 1 N–H and O–H groups in total. The molecule has 1 aliphatic carbocycles. The van der Waals surface area contributed by atoms with E-state index >= 15 is 0 Å². The SMILES string of the molecule is CCCC1(CNCc2cc(C#N)ccc2OC)CC1. The first-order valence-corrected chi connectivity index (χ1v) is 7.01. The highest BCUT2D eigenvalue weighted by Gasteiger charge is 2.40. The minimum Gasteiger partial charge on any atom is -0.496 e. The molecule has 0 aliphatic heterocycles. The van der Waals surface area contributed by atoms with Crippen molar-refractivity contribution < 1.29 is 4.74 Å². The number of nitrogens with zero attached hydrogens (tertiary/aromatic N) is 1. The van der Waals surface area contributed by atoms with Crippen LogP contribution in [0.1, 0.15) is 43.7 Å². The first-order valence-electron chi connectivity index (χ1n) is 7.01. The number of methoxy groups -OCH3 is 1. The van der Waals surface area contributed by atoms with Gasteiger partial charge >= 0.3 is 0 Å². The molecule has 1 fully saturated rings. The largest absolute Gasteiger partial charge is 0.496 e. The molecule has 1 aromatic rings. The molecule has 0 amide bonds. The maximum absolute atomic E-state index is 8.95. The van der Waals surface area contributed by atoms with Crippen molar-refractivity contribution in [2.75, 3.05) is 13.7 Å². The van der Waals surface area contributed by atoms with Crippen LogP contribution in [0, 0.1) is 16.7 Å². The molecule has 0 unspecified atom stereocenters. The topological polar surface area (TPSA) is 45.0 Å². The van der Waals surface area contributed by atoms with E-state index < -0.39 is 0 Å². The average molecular weight is 258 g/mol. The van der Waals surface area contributed by atoms with Gasteiger partial charge in [-0.2, -0.15) is 5.26 Å². The number of hydrogen-bond donors (Lipinski definition) is 1. The number of hydrogen-bond acceptors (Lipinski definition) is 3. The molecular formula is C16H22N2O. The number of ether oxygens (including phenoxy) is 1. The quantitative estimate of drug-likeness (QED) is 0.816. The molecule has 19 heavy (non-hydrogen) atoms. The molecule has 0 radical (unpaired) electrons. The van der Waals surface area contributed by atoms with E-state index in [-0.39, 0.29) is 0 Å². The molecule has 0 spiro atoms. The van der Waals surface area contributed by atoms with Gasteiger partial charge in [-0.1, -0.05) is 13.3 Å². The Morgan fingerprint density at radius 1 is 1.42 bits per heavy atom. The predicted molar refractivity (Wildman–Crippen MR) is 76.0 cm³/mol. The molecule has 3 nitrogen and oxygen atoms in total. The van der Waals surface area contributed by atoms with Crippen molar-refractivity contribution in [2.24, 2.45) is 5.41 Å². The van der Waals surface area contributed by atoms with Gasteiger partial charge in [-0.25, -0.2) is 0 Å². The van der Waals surface area contributed by atoms with Crippen LogP contribution in [-0.2, 0) is 6.54 Å². The van der Waals surface area contributed by atoms with Crippen molar-refractivity contribution in [1.82, 2.24) is 5.32 Å². The Morgan fingerprint density at radius 2 is 2.21 bits per heavy atom. The lowest BCUT2D eigenvalue weighted by Crippen LogP contribution is -2.23. The molecule has 102 valence electrons. The highest BCUT2D eigenvalue weighted by Crippen LogP contribution is 2.48. The first-order chi connectivity index (χ1) is 9.23. The van der Waals surface area contributed by atoms with Gasteiger partial charge in [0.25, 0.3) is 0 Å². The molecule has 0 heterocycles. The van der Waals surface area contributed by atoms with Crippen LogP contribution in [-0.4, -0.2) is 13.7 Å². The zero-order valence-electron chi connectivity index (χ0n) is 11.8. The maximum Gasteiger partial charge on any atom is 0.123 e. The van der Waals surface area contributed by atoms with Crippen molar-refractivity contribution in [3.8, 4) is 11.8 Å². The van der Waals surface area contributed by atoms with Gasteiger partial charge in [0.05, 0.1) is 18.7 Å². The Morgan fingerprint density at radius 3 is 2.79 bits per heavy atom. The highest BCUT2D eigenvalue weighted by molar-refractivity contribution is 5.42. The van der Waals surface area contributed by atoms with Crippen LogP contribution in [0.3, 0.4) is 0 Å². The lowest BCUT2D eigenvalue weighted by Gasteiger charge is -2.16. The smallest absolute Gasteiger partial charge is 0.123 e. The molecule has 1 aromatic carbocycles. The summed E-state index contributed by atoms with van der Waals surface area (Å²) in [5.74, 6) is 0.854. The summed E-state index contributed by atoms with van der Waals surface area (Å²) in [4.78, 5) is 0. The third kappa shape index (κ3) is 3.48. The van der Waals surface area contributed by atoms with Crippen molar-refractivity contribution in [1.29, 1.82) is 5.26 Å². The van der Waals surface area contributed by atoms with Crippen molar-refractivity contribution >= 4 is 0 Å². The highest BCUT2D eigenvalue weighted by atomic mass is 16.5. The Bertz CT molecular complexity index is 472. The third-order valence-corrected chi connectivity index (χ3v) is 3.96. The number of rotatable bonds is 7. The van der Waals surface area contributed by atoms with E-state index in [0.717, 1.165) is 24.4 Å². The minimum atomic E-state index is 0.550. The summed E-state index contributed by atoms with van der Waals surface area (Å²) in [6.45, 7) is 4.09. The fourth-order valence-corrected chi connectivity index (χ4v) is 2.67. The molecule has 1 saturated carbocycles. The van der Waals surface area contributed by atoms with E-state index in [1.54, 1.807) is 13.2 Å². The summed E-state index contributed by atoms with van der Waals surface area (Å²) < 4.78 is 5.34. The third-order valence-electron chi connectivity index (χ3n) is 3.96. The van der Waals surface area contributed by atoms with Crippen LogP contribution in [0.4, 0.5) is 0 Å². The number of nitriles is 1. The van der Waals surface area contributed by atoms with Crippen molar-refractivity contribution in [3.05, 3.63) is 29.3 Å². The van der Waals surface area contributed by atoms with Crippen molar-refractivity contribution in [3.63, 3.8) is 0 Å². The van der Waals surface area contributed by atoms with Crippen LogP contribution in [0.25, 0.3) is 0 Å². The molecule has 3 heteroatoms. The maximum atomic E-state index is 8.95.